The summed E-state index contributed by atoms with van der Waals surface area (Å²) in [5.41, 5.74) is 18.9. The van der Waals surface area contributed by atoms with Crippen LogP contribution < -0.4 is 47.9 Å². The molecule has 0 fully saturated rings. The minimum absolute atomic E-state index is 0. The van der Waals surface area contributed by atoms with Crippen molar-refractivity contribution in [2.45, 2.75) is 339 Å². The van der Waals surface area contributed by atoms with Crippen LogP contribution in [0.4, 0.5) is 0 Å². The third kappa shape index (κ3) is 45.9. The van der Waals surface area contributed by atoms with Crippen LogP contribution in [0.15, 0.2) is 72.8 Å². The quantitative estimate of drug-likeness (QED) is 0.0582. The first-order valence-corrected chi connectivity index (χ1v) is 47.5. The van der Waals surface area contributed by atoms with Crippen LogP contribution in [0.5, 0.6) is 34.5 Å². The largest absolute Gasteiger partial charge is 3.00 e. The van der Waals surface area contributed by atoms with E-state index in [-0.39, 0.29) is 208 Å². The van der Waals surface area contributed by atoms with E-state index in [2.05, 4.69) is 364 Å². The molecular weight excluding hydrogens is 1990 g/mol. The van der Waals surface area contributed by atoms with Gasteiger partial charge in [0.1, 0.15) is 34.5 Å². The molecule has 6 radical (unpaired) electrons. The number of nitrogens with one attached hydrogen (secondary N) is 9. The van der Waals surface area contributed by atoms with Crippen molar-refractivity contribution in [1.29, 1.82) is 0 Å². The van der Waals surface area contributed by atoms with Crippen LogP contribution in [0.2, 0.25) is 0 Å². The van der Waals surface area contributed by atoms with Gasteiger partial charge in [-0.3, -0.25) is 9.80 Å². The Kier molecular flexibility index (Phi) is 63.3. The molecule has 24 heteroatoms. The van der Waals surface area contributed by atoms with Crippen molar-refractivity contribution in [3.63, 3.8) is 0 Å². The van der Waals surface area contributed by atoms with E-state index in [4.69, 9.17) is 0 Å². The number of hydrogen-bond acceptors (Lipinski definition) is 18. The summed E-state index contributed by atoms with van der Waals surface area (Å²) in [6.45, 7) is 91.2. The van der Waals surface area contributed by atoms with Gasteiger partial charge in [-0.15, -0.1) is 0 Å². The summed E-state index contributed by atoms with van der Waals surface area (Å²) >= 11 is 0. The van der Waals surface area contributed by atoms with Crippen LogP contribution in [0.25, 0.3) is 0 Å². The maximum atomic E-state index is 11.5. The summed E-state index contributed by atoms with van der Waals surface area (Å²) in [7, 11) is 2.13. The number of phenolic OH excluding ortho intramolecular Hbond substituents is 6. The van der Waals surface area contributed by atoms with Gasteiger partial charge in [0, 0.05) is 224 Å². The number of fused-ring (bicyclic) bond motifs is 12. The molecule has 6 aromatic rings. The van der Waals surface area contributed by atoms with Crippen molar-refractivity contribution in [3.05, 3.63) is 217 Å². The van der Waals surface area contributed by atoms with Gasteiger partial charge in [0.2, 0.25) is 0 Å². The predicted molar refractivity (Wildman–Crippen MR) is 570 cm³/mol. The van der Waals surface area contributed by atoms with Gasteiger partial charge in [0.05, 0.1) is 0 Å². The third-order valence-electron chi connectivity index (χ3n) is 25.3. The van der Waals surface area contributed by atoms with E-state index in [1.54, 1.807) is 0 Å². The Morgan fingerprint density at radius 1 is 0.239 bits per heavy atom. The molecule has 3 aliphatic rings. The Labute approximate surface area is 906 Å². The number of benzene rings is 6. The SMILES string of the molecule is CCCN1Cc2cc(C(C)(C)C)cc(c2O)CNCC(C)(C)CNCc2cc(C(C)(C)C)cc(c2O)CNCC(C)(C)C1.CCN1Cc2cc(C(C)(C)C)cc(c2O)CNCC(C)(C)CNCc2cc(C(C)(C)C)cc(c2O)CNCC(C)(C)C1.CN1Cc2cc(C(C)(C)C)cc(c2O)CNCC(C)(C)CNCc2cc(C(C)(C)C)cc(c2O)CNCC(C)(C)C1.[CH3-].[CH3-].[CH3-].[CH3-].[CH3-].[CH3-].[Ni+3].[Ni+3].[Ni+3].[Ni+3].[Ni+3].[Ni+3]. The summed E-state index contributed by atoms with van der Waals surface area (Å²) in [4.78, 5) is 7.23. The number of rotatable bonds is 3. The molecule has 3 heterocycles. The Hall–Kier alpha value is -3.40. The summed E-state index contributed by atoms with van der Waals surface area (Å²) in [5, 5.41) is 101. The zero-order chi connectivity index (χ0) is 94.5. The molecule has 12 bridgehead atoms. The van der Waals surface area contributed by atoms with Gasteiger partial charge in [0.15, 0.2) is 0 Å². The second-order valence-corrected chi connectivity index (χ2v) is 49.0. The maximum Gasteiger partial charge on any atom is 3.00 e. The molecule has 0 aliphatic carbocycles. The number of phenols is 6. The van der Waals surface area contributed by atoms with Crippen LogP contribution in [0.1, 0.15) is 328 Å². The molecule has 6 aromatic carbocycles. The minimum atomic E-state index is -0.0218. The van der Waals surface area contributed by atoms with E-state index in [0.717, 1.165) is 165 Å². The molecule has 18 nitrogen and oxygen atoms in total. The average Bonchev–Trinajstić information content (AvgIpc) is 0.812. The van der Waals surface area contributed by atoms with Crippen LogP contribution in [-0.2, 0) is 210 Å². The Bertz CT molecular complexity index is 4550. The Morgan fingerprint density at radius 2 is 0.391 bits per heavy atom. The second kappa shape index (κ2) is 60.2. The molecule has 0 atom stereocenters. The van der Waals surface area contributed by atoms with Gasteiger partial charge in [0.25, 0.3) is 0 Å². The van der Waals surface area contributed by atoms with Crippen molar-refractivity contribution in [2.24, 2.45) is 32.5 Å². The van der Waals surface area contributed by atoms with Crippen molar-refractivity contribution < 1.29 is 130 Å². The van der Waals surface area contributed by atoms with Gasteiger partial charge in [-0.25, -0.2) is 0 Å². The topological polar surface area (TPSA) is 239 Å². The summed E-state index contributed by atoms with van der Waals surface area (Å²) < 4.78 is 0. The van der Waals surface area contributed by atoms with E-state index < -0.39 is 0 Å². The van der Waals surface area contributed by atoms with Crippen LogP contribution >= 0.6 is 0 Å². The summed E-state index contributed by atoms with van der Waals surface area (Å²) in [6, 6.07) is 26.1. The molecule has 0 amide bonds. The molecule has 0 unspecified atom stereocenters. The van der Waals surface area contributed by atoms with Gasteiger partial charge < -0.3 is 128 Å². The fourth-order valence-corrected chi connectivity index (χ4v) is 17.5. The molecule has 138 heavy (non-hydrogen) atoms. The average molecular weight is 2190 g/mol. The molecular formula is C114H198N12Ni6O6+12. The molecule has 3 aliphatic heterocycles. The normalized spacial score (nSPS) is 18.1. The molecule has 15 N–H and O–H groups in total. The van der Waals surface area contributed by atoms with Crippen molar-refractivity contribution in [1.82, 2.24) is 62.6 Å². The number of hydrogen-bond donors (Lipinski definition) is 15. The molecule has 0 aromatic heterocycles. The van der Waals surface area contributed by atoms with E-state index >= 15 is 0 Å². The van der Waals surface area contributed by atoms with Crippen molar-refractivity contribution >= 4 is 0 Å². The Morgan fingerprint density at radius 3 is 0.572 bits per heavy atom. The molecule has 0 saturated carbocycles. The fourth-order valence-electron chi connectivity index (χ4n) is 17.5. The van der Waals surface area contributed by atoms with Gasteiger partial charge in [-0.2, -0.15) is 0 Å². The third-order valence-corrected chi connectivity index (χ3v) is 25.3. The monoisotopic (exact) mass is 2180 g/mol. The summed E-state index contributed by atoms with van der Waals surface area (Å²) in [6.07, 6.45) is 1.05. The van der Waals surface area contributed by atoms with Crippen LogP contribution in [-0.4, -0.2) is 144 Å². The van der Waals surface area contributed by atoms with E-state index in [1.165, 1.54) is 33.4 Å². The fraction of sp³-hybridized carbons (Fsp3) is 0.632. The zero-order valence-corrected chi connectivity index (χ0v) is 99.4. The number of aromatic hydroxyl groups is 6. The Balaban J connectivity index is -0.000000454. The van der Waals surface area contributed by atoms with E-state index in [1.807, 2.05) is 0 Å². The van der Waals surface area contributed by atoms with Crippen LogP contribution in [0, 0.1) is 77.0 Å². The second-order valence-electron chi connectivity index (χ2n) is 49.0. The maximum absolute atomic E-state index is 11.5. The first-order valence-electron chi connectivity index (χ1n) is 47.5. The van der Waals surface area contributed by atoms with Crippen molar-refractivity contribution in [3.8, 4) is 34.5 Å². The first-order chi connectivity index (χ1) is 57.9. The molecule has 0 saturated heterocycles. The predicted octanol–water partition coefficient (Wildman–Crippen LogP) is 22.3. The zero-order valence-electron chi connectivity index (χ0n) is 93.4. The van der Waals surface area contributed by atoms with E-state index in [0.29, 0.717) is 113 Å². The number of nitrogens with zero attached hydrogens (tertiary/aromatic N) is 3. The smallest absolute Gasteiger partial charge is 0.507 e. The van der Waals surface area contributed by atoms with Gasteiger partial charge in [-0.05, 0) is 125 Å². The molecule has 9 rings (SSSR count). The standard InChI is InChI=1S/C37H62N4O2.C36H60N4O2.C35H58N4O2.6CH3.6Ni/c1-12-13-41-21-29-17-31(35(5,6)7)16-28(33(29)43)20-39-23-36(8,9)22-38-18-26-14-30(34(2,3)4)15-27(32(26)42)19-40-24-37(10,11)25-41;1-12-40-20-28-16-30(34(5,6)7)15-27(32(28)42)19-38-22-35(8,9)21-37-17-25-13-29(33(2,3)4)14-26(31(25)41)18-39-23-36(10,11)24-40;1-32(2,3)28-12-24-16-36-20-34(7,8)21-37-18-26-14-29(33(4,5)6)15-27(31(26)41)19-39(11)23-35(9,10)22-38-17-25(13-28)30(24)40;;;;;;;;;;;;/h14-17,38-40,42-43H,12-13,18-25H2,1-11H3;13-16,37-39,41-42H,12,17-24H2,1-11H3;12-15,36-38,40-41H,16-23H2,1-11H3;6*1H3;;;;;;/q;;;6*-1;6*+3. The summed E-state index contributed by atoms with van der Waals surface area (Å²) in [5.74, 6) is 2.42. The van der Waals surface area contributed by atoms with Crippen molar-refractivity contribution in [2.75, 3.05) is 98.7 Å². The molecule has 798 valence electrons. The van der Waals surface area contributed by atoms with E-state index in [9.17, 15) is 30.6 Å². The van der Waals surface area contributed by atoms with Gasteiger partial charge in [-0.1, -0.05) is 294 Å². The first kappa shape index (κ1) is 145. The van der Waals surface area contributed by atoms with Crippen LogP contribution in [0.3, 0.4) is 0 Å². The van der Waals surface area contributed by atoms with Gasteiger partial charge >= 0.3 is 98.9 Å². The molecule has 0 spiro atoms. The minimum Gasteiger partial charge on any atom is -0.507 e.